The second-order valence-corrected chi connectivity index (χ2v) is 7.29. The van der Waals surface area contributed by atoms with Gasteiger partial charge in [0.05, 0.1) is 5.75 Å². The fourth-order valence-electron chi connectivity index (χ4n) is 3.01. The van der Waals surface area contributed by atoms with Gasteiger partial charge in [0, 0.05) is 18.0 Å². The predicted octanol–water partition coefficient (Wildman–Crippen LogP) is 3.67. The first-order valence-electron chi connectivity index (χ1n) is 8.22. The van der Waals surface area contributed by atoms with E-state index in [4.69, 9.17) is 0 Å². The third kappa shape index (κ3) is 6.36. The summed E-state index contributed by atoms with van der Waals surface area (Å²) in [6, 6.07) is 6.43. The molecule has 0 spiro atoms. The molecular formula is C18H29ClN2OS. The first kappa shape index (κ1) is 20.3. The molecule has 1 heterocycles. The van der Waals surface area contributed by atoms with Crippen molar-refractivity contribution in [2.75, 3.05) is 32.4 Å². The molecule has 0 unspecified atom stereocenters. The van der Waals surface area contributed by atoms with Crippen molar-refractivity contribution >= 4 is 30.1 Å². The van der Waals surface area contributed by atoms with Crippen LogP contribution in [-0.2, 0) is 4.79 Å². The number of hydrogen-bond donors (Lipinski definition) is 1. The summed E-state index contributed by atoms with van der Waals surface area (Å²) in [5.74, 6) is 1.63. The Morgan fingerprint density at radius 2 is 2.00 bits per heavy atom. The van der Waals surface area contributed by atoms with E-state index in [-0.39, 0.29) is 18.3 Å². The van der Waals surface area contributed by atoms with E-state index < -0.39 is 0 Å². The van der Waals surface area contributed by atoms with Gasteiger partial charge < -0.3 is 10.2 Å². The van der Waals surface area contributed by atoms with Gasteiger partial charge in [0.2, 0.25) is 5.91 Å². The molecule has 5 heteroatoms. The van der Waals surface area contributed by atoms with Crippen molar-refractivity contribution in [2.45, 2.75) is 38.0 Å². The minimum atomic E-state index is 0. The van der Waals surface area contributed by atoms with Crippen molar-refractivity contribution in [1.82, 2.24) is 10.2 Å². The van der Waals surface area contributed by atoms with E-state index in [0.717, 1.165) is 38.4 Å². The van der Waals surface area contributed by atoms with Gasteiger partial charge in [-0.3, -0.25) is 4.79 Å². The highest BCUT2D eigenvalue weighted by Crippen LogP contribution is 2.25. The number of benzene rings is 1. The molecule has 1 aliphatic heterocycles. The quantitative estimate of drug-likeness (QED) is 0.789. The molecule has 0 radical (unpaired) electrons. The van der Waals surface area contributed by atoms with Crippen molar-refractivity contribution in [3.05, 3.63) is 29.3 Å². The first-order chi connectivity index (χ1) is 10.6. The summed E-state index contributed by atoms with van der Waals surface area (Å²) in [4.78, 5) is 15.6. The Bertz CT molecular complexity index is 502. The second-order valence-electron chi connectivity index (χ2n) is 6.27. The zero-order valence-corrected chi connectivity index (χ0v) is 16.1. The van der Waals surface area contributed by atoms with Gasteiger partial charge in [0.25, 0.3) is 0 Å². The zero-order chi connectivity index (χ0) is 15.9. The number of amides is 1. The number of nitrogens with zero attached hydrogens (tertiary/aromatic N) is 1. The topological polar surface area (TPSA) is 32.3 Å². The average Bonchev–Trinajstić information content (AvgIpc) is 2.52. The number of aryl methyl sites for hydroxylation is 2. The number of hydrogen-bond acceptors (Lipinski definition) is 3. The lowest BCUT2D eigenvalue weighted by Crippen LogP contribution is -2.39. The van der Waals surface area contributed by atoms with Gasteiger partial charge in [-0.15, -0.1) is 24.2 Å². The Morgan fingerprint density at radius 1 is 1.30 bits per heavy atom. The average molecular weight is 357 g/mol. The van der Waals surface area contributed by atoms with Crippen molar-refractivity contribution in [2.24, 2.45) is 5.92 Å². The second kappa shape index (κ2) is 10.2. The Kier molecular flexibility index (Phi) is 9.03. The molecular weight excluding hydrogens is 328 g/mol. The third-order valence-electron chi connectivity index (χ3n) is 4.45. The van der Waals surface area contributed by atoms with Gasteiger partial charge in [-0.25, -0.2) is 0 Å². The maximum atomic E-state index is 12.4. The molecule has 0 bridgehead atoms. The van der Waals surface area contributed by atoms with Crippen LogP contribution in [0.2, 0.25) is 0 Å². The molecule has 0 atom stereocenters. The van der Waals surface area contributed by atoms with E-state index in [1.54, 1.807) is 11.8 Å². The van der Waals surface area contributed by atoms with E-state index in [1.165, 1.54) is 22.4 Å². The molecule has 1 amide bonds. The molecule has 1 saturated heterocycles. The van der Waals surface area contributed by atoms with Crippen molar-refractivity contribution in [1.29, 1.82) is 0 Å². The van der Waals surface area contributed by atoms with Gasteiger partial charge in [0.15, 0.2) is 0 Å². The van der Waals surface area contributed by atoms with E-state index in [0.29, 0.717) is 5.75 Å². The molecule has 1 aromatic carbocycles. The molecule has 1 fully saturated rings. The van der Waals surface area contributed by atoms with Crippen LogP contribution in [0, 0.1) is 19.8 Å². The maximum Gasteiger partial charge on any atom is 0.232 e. The summed E-state index contributed by atoms with van der Waals surface area (Å²) in [5, 5.41) is 3.21. The van der Waals surface area contributed by atoms with Crippen LogP contribution >= 0.6 is 24.2 Å². The monoisotopic (exact) mass is 356 g/mol. The van der Waals surface area contributed by atoms with Gasteiger partial charge in [-0.2, -0.15) is 0 Å². The summed E-state index contributed by atoms with van der Waals surface area (Å²) in [6.07, 6.45) is 3.54. The van der Waals surface area contributed by atoms with Crippen LogP contribution in [0.4, 0.5) is 0 Å². The van der Waals surface area contributed by atoms with Crippen LogP contribution in [0.25, 0.3) is 0 Å². The number of likely N-dealkylation sites (tertiary alicyclic amines) is 1. The van der Waals surface area contributed by atoms with E-state index in [2.05, 4.69) is 37.4 Å². The first-order valence-corrected chi connectivity index (χ1v) is 9.21. The van der Waals surface area contributed by atoms with Crippen molar-refractivity contribution < 1.29 is 4.79 Å². The molecule has 1 aromatic rings. The predicted molar refractivity (Wildman–Crippen MR) is 102 cm³/mol. The summed E-state index contributed by atoms with van der Waals surface area (Å²) in [5.41, 5.74) is 2.54. The normalized spacial score (nSPS) is 15.3. The number of rotatable bonds is 6. The van der Waals surface area contributed by atoms with Gasteiger partial charge in [0.1, 0.15) is 0 Å². The molecule has 130 valence electrons. The Labute approximate surface area is 151 Å². The fourth-order valence-corrected chi connectivity index (χ4v) is 3.92. The molecule has 0 saturated carbocycles. The van der Waals surface area contributed by atoms with Gasteiger partial charge in [-0.05, 0) is 64.3 Å². The molecule has 2 rings (SSSR count). The largest absolute Gasteiger partial charge is 0.342 e. The lowest BCUT2D eigenvalue weighted by molar-refractivity contribution is -0.129. The molecule has 23 heavy (non-hydrogen) atoms. The lowest BCUT2D eigenvalue weighted by Gasteiger charge is -2.32. The molecule has 0 aliphatic carbocycles. The number of thioether (sulfide) groups is 1. The lowest BCUT2D eigenvalue weighted by atomic mass is 9.93. The summed E-state index contributed by atoms with van der Waals surface area (Å²) in [6.45, 7) is 7.17. The number of halogens is 1. The summed E-state index contributed by atoms with van der Waals surface area (Å²) >= 11 is 1.67. The van der Waals surface area contributed by atoms with Gasteiger partial charge in [-0.1, -0.05) is 17.7 Å². The fraction of sp³-hybridized carbons (Fsp3) is 0.611. The van der Waals surface area contributed by atoms with Crippen LogP contribution in [0.15, 0.2) is 23.1 Å². The van der Waals surface area contributed by atoms with E-state index in [1.807, 2.05) is 11.9 Å². The van der Waals surface area contributed by atoms with E-state index in [9.17, 15) is 4.79 Å². The number of carbonyl (C=O) groups is 1. The highest BCUT2D eigenvalue weighted by molar-refractivity contribution is 8.00. The molecule has 1 N–H and O–H groups in total. The SMILES string of the molecule is CNCCC1CCN(C(=O)CSc2ccc(C)cc2C)CC1.Cl. The van der Waals surface area contributed by atoms with Crippen LogP contribution in [-0.4, -0.2) is 43.2 Å². The van der Waals surface area contributed by atoms with Crippen molar-refractivity contribution in [3.63, 3.8) is 0 Å². The zero-order valence-electron chi connectivity index (χ0n) is 14.4. The summed E-state index contributed by atoms with van der Waals surface area (Å²) < 4.78 is 0. The number of nitrogens with one attached hydrogen (secondary N) is 1. The Balaban J connectivity index is 0.00000264. The van der Waals surface area contributed by atoms with Crippen molar-refractivity contribution in [3.8, 4) is 0 Å². The Morgan fingerprint density at radius 3 is 2.61 bits per heavy atom. The van der Waals surface area contributed by atoms with E-state index >= 15 is 0 Å². The standard InChI is InChI=1S/C18H28N2OS.ClH/c1-14-4-5-17(15(2)12-14)22-13-18(21)20-10-7-16(8-11-20)6-9-19-3;/h4-5,12,16,19H,6-11,13H2,1-3H3;1H. The smallest absolute Gasteiger partial charge is 0.232 e. The van der Waals surface area contributed by atoms with Crippen LogP contribution in [0.3, 0.4) is 0 Å². The molecule has 0 aromatic heterocycles. The molecule has 1 aliphatic rings. The van der Waals surface area contributed by atoms with Crippen LogP contribution in [0.5, 0.6) is 0 Å². The minimum Gasteiger partial charge on any atom is -0.342 e. The number of piperidine rings is 1. The Hall–Kier alpha value is -0.710. The molecule has 3 nitrogen and oxygen atoms in total. The van der Waals surface area contributed by atoms with Crippen LogP contribution in [0.1, 0.15) is 30.4 Å². The maximum absolute atomic E-state index is 12.4. The summed E-state index contributed by atoms with van der Waals surface area (Å²) in [7, 11) is 2.00. The highest BCUT2D eigenvalue weighted by atomic mass is 35.5. The van der Waals surface area contributed by atoms with Gasteiger partial charge >= 0.3 is 0 Å². The third-order valence-corrected chi connectivity index (χ3v) is 5.61. The highest BCUT2D eigenvalue weighted by Gasteiger charge is 2.22. The number of carbonyl (C=O) groups excluding carboxylic acids is 1. The minimum absolute atomic E-state index is 0. The van der Waals surface area contributed by atoms with Crippen LogP contribution < -0.4 is 5.32 Å².